The zero-order chi connectivity index (χ0) is 20.1. The van der Waals surface area contributed by atoms with Crippen molar-refractivity contribution in [3.63, 3.8) is 0 Å². The average Bonchev–Trinajstić information content (AvgIpc) is 2.76. The van der Waals surface area contributed by atoms with Gasteiger partial charge < -0.3 is 19.7 Å². The number of fused-ring (bicyclic) bond motifs is 1. The maximum Gasteiger partial charge on any atom is 0.138 e. The van der Waals surface area contributed by atoms with Crippen LogP contribution in [0.5, 0.6) is 11.5 Å². The molecule has 150 valence electrons. The highest BCUT2D eigenvalue weighted by molar-refractivity contribution is 5.67. The summed E-state index contributed by atoms with van der Waals surface area (Å²) in [5.74, 6) is 4.14. The smallest absolute Gasteiger partial charge is 0.138 e. The van der Waals surface area contributed by atoms with Gasteiger partial charge in [-0.15, -0.1) is 0 Å². The summed E-state index contributed by atoms with van der Waals surface area (Å²) in [6.45, 7) is 4.08. The maximum atomic E-state index is 5.78. The predicted molar refractivity (Wildman–Crippen MR) is 116 cm³/mol. The molecule has 0 atom stereocenters. The van der Waals surface area contributed by atoms with Gasteiger partial charge in [0.2, 0.25) is 0 Å². The van der Waals surface area contributed by atoms with E-state index in [0.29, 0.717) is 13.2 Å². The van der Waals surface area contributed by atoms with Gasteiger partial charge in [0.25, 0.3) is 0 Å². The number of hydrogen-bond acceptors (Lipinski definition) is 6. The summed E-state index contributed by atoms with van der Waals surface area (Å²) in [7, 11) is 1.65. The minimum absolute atomic E-state index is 0.539. The van der Waals surface area contributed by atoms with E-state index < -0.39 is 0 Å². The van der Waals surface area contributed by atoms with Crippen molar-refractivity contribution in [1.82, 2.24) is 9.97 Å². The van der Waals surface area contributed by atoms with Crippen LogP contribution < -0.4 is 19.7 Å². The number of para-hydroxylation sites is 1. The van der Waals surface area contributed by atoms with Gasteiger partial charge in [0.1, 0.15) is 35.6 Å². The maximum absolute atomic E-state index is 5.78. The number of aryl methyl sites for hydroxylation is 2. The Balaban J connectivity index is 1.40. The van der Waals surface area contributed by atoms with Gasteiger partial charge in [-0.25, -0.2) is 9.97 Å². The second-order valence-electron chi connectivity index (χ2n) is 6.99. The molecule has 2 aromatic carbocycles. The van der Waals surface area contributed by atoms with Crippen LogP contribution in [-0.4, -0.2) is 36.8 Å². The zero-order valence-corrected chi connectivity index (χ0v) is 16.9. The van der Waals surface area contributed by atoms with E-state index >= 15 is 0 Å². The van der Waals surface area contributed by atoms with Crippen molar-refractivity contribution in [2.45, 2.75) is 19.8 Å². The van der Waals surface area contributed by atoms with Crippen molar-refractivity contribution in [2.75, 3.05) is 37.0 Å². The first kappa shape index (κ1) is 19.1. The molecule has 3 aromatic rings. The van der Waals surface area contributed by atoms with Gasteiger partial charge in [0, 0.05) is 18.3 Å². The molecule has 1 aromatic heterocycles. The van der Waals surface area contributed by atoms with E-state index in [1.165, 1.54) is 11.3 Å². The second kappa shape index (κ2) is 8.82. The first-order chi connectivity index (χ1) is 14.2. The number of nitrogens with one attached hydrogen (secondary N) is 1. The number of ether oxygens (including phenoxy) is 2. The van der Waals surface area contributed by atoms with E-state index in [2.05, 4.69) is 44.5 Å². The molecule has 0 bridgehead atoms. The summed E-state index contributed by atoms with van der Waals surface area (Å²) in [4.78, 5) is 11.5. The highest BCUT2D eigenvalue weighted by Crippen LogP contribution is 2.32. The monoisotopic (exact) mass is 390 g/mol. The molecule has 2 heterocycles. The van der Waals surface area contributed by atoms with Crippen molar-refractivity contribution < 1.29 is 9.47 Å². The third-order valence-electron chi connectivity index (χ3n) is 4.95. The number of hydrogen-bond donors (Lipinski definition) is 1. The van der Waals surface area contributed by atoms with Crippen LogP contribution in [-0.2, 0) is 6.42 Å². The van der Waals surface area contributed by atoms with Crippen LogP contribution in [0.15, 0.2) is 54.6 Å². The number of anilines is 3. The fourth-order valence-corrected chi connectivity index (χ4v) is 3.57. The second-order valence-corrected chi connectivity index (χ2v) is 6.99. The summed E-state index contributed by atoms with van der Waals surface area (Å²) in [5.41, 5.74) is 2.61. The van der Waals surface area contributed by atoms with E-state index in [1.807, 2.05) is 37.3 Å². The molecule has 0 fully saturated rings. The molecule has 4 rings (SSSR count). The molecule has 0 saturated carbocycles. The van der Waals surface area contributed by atoms with Crippen molar-refractivity contribution >= 4 is 17.3 Å². The van der Waals surface area contributed by atoms with Crippen molar-refractivity contribution in [3.8, 4) is 11.5 Å². The first-order valence-corrected chi connectivity index (χ1v) is 9.95. The van der Waals surface area contributed by atoms with Gasteiger partial charge in [-0.05, 0) is 55.7 Å². The molecule has 0 amide bonds. The lowest BCUT2D eigenvalue weighted by molar-refractivity contribution is 0.331. The van der Waals surface area contributed by atoms with Crippen molar-refractivity contribution in [2.24, 2.45) is 0 Å². The van der Waals surface area contributed by atoms with Gasteiger partial charge in [-0.1, -0.05) is 18.2 Å². The van der Waals surface area contributed by atoms with Gasteiger partial charge in [0.15, 0.2) is 0 Å². The van der Waals surface area contributed by atoms with Gasteiger partial charge >= 0.3 is 0 Å². The summed E-state index contributed by atoms with van der Waals surface area (Å²) in [6.07, 6.45) is 2.24. The topological polar surface area (TPSA) is 59.5 Å². The molecular formula is C23H26N4O2. The highest BCUT2D eigenvalue weighted by atomic mass is 16.5. The lowest BCUT2D eigenvalue weighted by atomic mass is 10.0. The summed E-state index contributed by atoms with van der Waals surface area (Å²) < 4.78 is 10.9. The molecule has 0 saturated heterocycles. The Morgan fingerprint density at radius 3 is 2.66 bits per heavy atom. The summed E-state index contributed by atoms with van der Waals surface area (Å²) >= 11 is 0. The summed E-state index contributed by atoms with van der Waals surface area (Å²) in [6, 6.07) is 18.2. The Hall–Kier alpha value is -3.28. The van der Waals surface area contributed by atoms with Crippen LogP contribution in [0, 0.1) is 6.92 Å². The summed E-state index contributed by atoms with van der Waals surface area (Å²) in [5, 5.41) is 3.35. The molecule has 1 aliphatic rings. The largest absolute Gasteiger partial charge is 0.497 e. The fraction of sp³-hybridized carbons (Fsp3) is 0.304. The van der Waals surface area contributed by atoms with Crippen LogP contribution in [0.3, 0.4) is 0 Å². The standard InChI is InChI=1S/C23H26N4O2/c1-17-25-22(24-13-15-29-20-11-9-19(28-2)10-12-20)16-23(26-17)27-14-5-7-18-6-3-4-8-21(18)27/h3-4,6,8-12,16H,5,7,13-15H2,1-2H3,(H,24,25,26). The van der Waals surface area contributed by atoms with Crippen LogP contribution in [0.25, 0.3) is 0 Å². The Bertz CT molecular complexity index is 959. The SMILES string of the molecule is COc1ccc(OCCNc2cc(N3CCCc4ccccc43)nc(C)n2)cc1. The van der Waals surface area contributed by atoms with Gasteiger partial charge in [-0.2, -0.15) is 0 Å². The Kier molecular flexibility index (Phi) is 5.79. The van der Waals surface area contributed by atoms with Gasteiger partial charge in [0.05, 0.1) is 13.7 Å². The molecule has 1 N–H and O–H groups in total. The Morgan fingerprint density at radius 1 is 1.03 bits per heavy atom. The van der Waals surface area contributed by atoms with E-state index in [0.717, 1.165) is 48.3 Å². The number of benzene rings is 2. The molecule has 29 heavy (non-hydrogen) atoms. The Labute approximate surface area is 171 Å². The molecule has 6 nitrogen and oxygen atoms in total. The Morgan fingerprint density at radius 2 is 1.83 bits per heavy atom. The van der Waals surface area contributed by atoms with Crippen LogP contribution >= 0.6 is 0 Å². The molecule has 0 spiro atoms. The molecule has 1 aliphatic heterocycles. The number of methoxy groups -OCH3 is 1. The van der Waals surface area contributed by atoms with Crippen LogP contribution in [0.2, 0.25) is 0 Å². The third kappa shape index (κ3) is 4.59. The first-order valence-electron chi connectivity index (χ1n) is 9.95. The average molecular weight is 390 g/mol. The lowest BCUT2D eigenvalue weighted by Gasteiger charge is -2.30. The molecule has 6 heteroatoms. The molecule has 0 radical (unpaired) electrons. The zero-order valence-electron chi connectivity index (χ0n) is 16.9. The minimum atomic E-state index is 0.539. The van der Waals surface area contributed by atoms with E-state index in [1.54, 1.807) is 7.11 Å². The van der Waals surface area contributed by atoms with Crippen molar-refractivity contribution in [3.05, 3.63) is 66.0 Å². The molecule has 0 aliphatic carbocycles. The van der Waals surface area contributed by atoms with E-state index in [9.17, 15) is 0 Å². The van der Waals surface area contributed by atoms with Crippen LogP contribution in [0.4, 0.5) is 17.3 Å². The minimum Gasteiger partial charge on any atom is -0.497 e. The van der Waals surface area contributed by atoms with Gasteiger partial charge in [-0.3, -0.25) is 0 Å². The highest BCUT2D eigenvalue weighted by Gasteiger charge is 2.19. The molecule has 0 unspecified atom stereocenters. The fourth-order valence-electron chi connectivity index (χ4n) is 3.57. The van der Waals surface area contributed by atoms with E-state index in [4.69, 9.17) is 9.47 Å². The van der Waals surface area contributed by atoms with Crippen molar-refractivity contribution in [1.29, 1.82) is 0 Å². The normalized spacial score (nSPS) is 13.0. The molecular weight excluding hydrogens is 364 g/mol. The quantitative estimate of drug-likeness (QED) is 0.605. The number of nitrogens with zero attached hydrogens (tertiary/aromatic N) is 3. The van der Waals surface area contributed by atoms with E-state index in [-0.39, 0.29) is 0 Å². The van der Waals surface area contributed by atoms with Crippen LogP contribution in [0.1, 0.15) is 17.8 Å². The number of rotatable bonds is 7. The predicted octanol–water partition coefficient (Wildman–Crippen LogP) is 4.37. The lowest BCUT2D eigenvalue weighted by Crippen LogP contribution is -2.26. The third-order valence-corrected chi connectivity index (χ3v) is 4.95. The number of aromatic nitrogens is 2.